The van der Waals surface area contributed by atoms with E-state index in [1.54, 1.807) is 23.9 Å². The summed E-state index contributed by atoms with van der Waals surface area (Å²) in [5, 5.41) is 0.419. The summed E-state index contributed by atoms with van der Waals surface area (Å²) in [4.78, 5) is 24.8. The second kappa shape index (κ2) is 5.54. The van der Waals surface area contributed by atoms with Crippen molar-refractivity contribution in [3.8, 4) is 0 Å². The highest BCUT2D eigenvalue weighted by molar-refractivity contribution is 7.99. The van der Waals surface area contributed by atoms with Crippen molar-refractivity contribution in [1.82, 2.24) is 0 Å². The van der Waals surface area contributed by atoms with E-state index in [4.69, 9.17) is 16.0 Å². The number of benzene rings is 2. The van der Waals surface area contributed by atoms with E-state index >= 15 is 0 Å². The summed E-state index contributed by atoms with van der Waals surface area (Å²) in [5.74, 6) is 0.936. The van der Waals surface area contributed by atoms with Crippen molar-refractivity contribution in [2.24, 2.45) is 0 Å². The Morgan fingerprint density at radius 3 is 2.67 bits per heavy atom. The standard InChI is InChI=1S/C16H11ClO3S/c1-2-21-10-4-6-13-12(8-10)15(18)11-5-3-9(16(17)19)7-14(11)20-13/h3-8H,2H2,1H3. The molecular weight excluding hydrogens is 308 g/mol. The zero-order valence-corrected chi connectivity index (χ0v) is 12.8. The quantitative estimate of drug-likeness (QED) is 0.407. The molecule has 3 aromatic rings. The average Bonchev–Trinajstić information content (AvgIpc) is 2.48. The molecule has 0 aliphatic carbocycles. The zero-order valence-electron chi connectivity index (χ0n) is 11.2. The van der Waals surface area contributed by atoms with Crippen LogP contribution in [0.15, 0.2) is 50.5 Å². The molecule has 3 rings (SSSR count). The maximum absolute atomic E-state index is 12.5. The monoisotopic (exact) mass is 318 g/mol. The number of rotatable bonds is 3. The van der Waals surface area contributed by atoms with Crippen molar-refractivity contribution < 1.29 is 9.21 Å². The average molecular weight is 319 g/mol. The van der Waals surface area contributed by atoms with Crippen LogP contribution < -0.4 is 5.43 Å². The van der Waals surface area contributed by atoms with E-state index in [-0.39, 0.29) is 5.43 Å². The largest absolute Gasteiger partial charge is 0.456 e. The Kier molecular flexibility index (Phi) is 3.74. The van der Waals surface area contributed by atoms with Crippen molar-refractivity contribution in [3.05, 3.63) is 52.2 Å². The molecule has 0 bridgehead atoms. The predicted molar refractivity (Wildman–Crippen MR) is 86.6 cm³/mol. The highest BCUT2D eigenvalue weighted by atomic mass is 35.5. The van der Waals surface area contributed by atoms with Gasteiger partial charge in [-0.1, -0.05) is 6.92 Å². The van der Waals surface area contributed by atoms with Crippen LogP contribution >= 0.6 is 23.4 Å². The fourth-order valence-electron chi connectivity index (χ4n) is 2.21. The molecule has 0 radical (unpaired) electrons. The van der Waals surface area contributed by atoms with E-state index in [2.05, 4.69) is 6.92 Å². The molecule has 106 valence electrons. The Morgan fingerprint density at radius 2 is 1.95 bits per heavy atom. The molecular formula is C16H11ClO3S. The lowest BCUT2D eigenvalue weighted by Gasteiger charge is -2.04. The first-order chi connectivity index (χ1) is 10.1. The van der Waals surface area contributed by atoms with Crippen molar-refractivity contribution in [2.45, 2.75) is 11.8 Å². The van der Waals surface area contributed by atoms with Crippen LogP contribution in [-0.2, 0) is 0 Å². The van der Waals surface area contributed by atoms with Gasteiger partial charge < -0.3 is 4.42 Å². The van der Waals surface area contributed by atoms with Crippen LogP contribution in [0.25, 0.3) is 21.9 Å². The number of hydrogen-bond acceptors (Lipinski definition) is 4. The summed E-state index contributed by atoms with van der Waals surface area (Å²) in [5.41, 5.74) is 1.09. The maximum atomic E-state index is 12.5. The van der Waals surface area contributed by atoms with E-state index in [0.717, 1.165) is 10.6 Å². The fourth-order valence-corrected chi connectivity index (χ4v) is 3.03. The summed E-state index contributed by atoms with van der Waals surface area (Å²) in [7, 11) is 0. The smallest absolute Gasteiger partial charge is 0.252 e. The summed E-state index contributed by atoms with van der Waals surface area (Å²) < 4.78 is 5.73. The maximum Gasteiger partial charge on any atom is 0.252 e. The molecule has 0 amide bonds. The van der Waals surface area contributed by atoms with Crippen molar-refractivity contribution >= 4 is 50.5 Å². The summed E-state index contributed by atoms with van der Waals surface area (Å²) in [6.45, 7) is 2.06. The molecule has 0 spiro atoms. The highest BCUT2D eigenvalue weighted by Gasteiger charge is 2.11. The van der Waals surface area contributed by atoms with E-state index < -0.39 is 5.24 Å². The number of halogens is 1. The summed E-state index contributed by atoms with van der Waals surface area (Å²) in [6.07, 6.45) is 0. The molecule has 0 atom stereocenters. The first-order valence-corrected chi connectivity index (χ1v) is 7.80. The molecule has 21 heavy (non-hydrogen) atoms. The summed E-state index contributed by atoms with van der Waals surface area (Å²) >= 11 is 7.12. The van der Waals surface area contributed by atoms with Crippen LogP contribution in [0.1, 0.15) is 17.3 Å². The Hall–Kier alpha value is -1.78. The highest BCUT2D eigenvalue weighted by Crippen LogP contribution is 2.25. The number of carbonyl (C=O) groups is 1. The number of carbonyl (C=O) groups excluding carboxylic acids is 1. The van der Waals surface area contributed by atoms with Crippen LogP contribution in [-0.4, -0.2) is 11.0 Å². The number of thioether (sulfide) groups is 1. The predicted octanol–water partition coefficient (Wildman–Crippen LogP) is 4.44. The first-order valence-electron chi connectivity index (χ1n) is 6.43. The molecule has 1 aromatic heterocycles. The minimum absolute atomic E-state index is 0.0987. The van der Waals surface area contributed by atoms with Gasteiger partial charge in [-0.3, -0.25) is 9.59 Å². The SMILES string of the molecule is CCSc1ccc2oc3cc(C(=O)Cl)ccc3c(=O)c2c1. The molecule has 0 saturated heterocycles. The molecule has 0 unspecified atom stereocenters. The Morgan fingerprint density at radius 1 is 1.14 bits per heavy atom. The normalized spacial score (nSPS) is 11.1. The van der Waals surface area contributed by atoms with Gasteiger partial charge in [-0.05, 0) is 53.8 Å². The molecule has 2 aromatic carbocycles. The molecule has 0 aliphatic rings. The van der Waals surface area contributed by atoms with Crippen LogP contribution in [0.2, 0.25) is 0 Å². The first kappa shape index (κ1) is 14.2. The molecule has 3 nitrogen and oxygen atoms in total. The lowest BCUT2D eigenvalue weighted by atomic mass is 10.1. The fraction of sp³-hybridized carbons (Fsp3) is 0.125. The third-order valence-corrected chi connectivity index (χ3v) is 4.27. The lowest BCUT2D eigenvalue weighted by molar-refractivity contribution is 0.108. The van der Waals surface area contributed by atoms with Crippen LogP contribution in [0, 0.1) is 0 Å². The van der Waals surface area contributed by atoms with E-state index in [0.29, 0.717) is 27.5 Å². The van der Waals surface area contributed by atoms with E-state index in [9.17, 15) is 9.59 Å². The second-order valence-corrected chi connectivity index (χ2v) is 6.19. The van der Waals surface area contributed by atoms with Gasteiger partial charge in [-0.25, -0.2) is 0 Å². The second-order valence-electron chi connectivity index (χ2n) is 4.51. The topological polar surface area (TPSA) is 47.3 Å². The van der Waals surface area contributed by atoms with Crippen molar-refractivity contribution in [1.29, 1.82) is 0 Å². The Balaban J connectivity index is 2.32. The Labute approximate surface area is 129 Å². The molecule has 1 heterocycles. The van der Waals surface area contributed by atoms with Gasteiger partial charge in [0, 0.05) is 10.5 Å². The third kappa shape index (κ3) is 2.57. The molecule has 0 aliphatic heterocycles. The van der Waals surface area contributed by atoms with Crippen LogP contribution in [0.3, 0.4) is 0 Å². The molecule has 0 saturated carbocycles. The van der Waals surface area contributed by atoms with Crippen molar-refractivity contribution in [3.63, 3.8) is 0 Å². The van der Waals surface area contributed by atoms with Gasteiger partial charge in [0.25, 0.3) is 5.24 Å². The van der Waals surface area contributed by atoms with Gasteiger partial charge in [-0.15, -0.1) is 11.8 Å². The van der Waals surface area contributed by atoms with Gasteiger partial charge >= 0.3 is 0 Å². The van der Waals surface area contributed by atoms with Crippen LogP contribution in [0.5, 0.6) is 0 Å². The number of fused-ring (bicyclic) bond motifs is 2. The minimum atomic E-state index is -0.575. The van der Waals surface area contributed by atoms with Crippen LogP contribution in [0.4, 0.5) is 0 Å². The summed E-state index contributed by atoms with van der Waals surface area (Å²) in [6, 6.07) is 10.2. The van der Waals surface area contributed by atoms with Gasteiger partial charge in [-0.2, -0.15) is 0 Å². The van der Waals surface area contributed by atoms with Gasteiger partial charge in [0.15, 0.2) is 0 Å². The third-order valence-electron chi connectivity index (χ3n) is 3.18. The molecule has 5 heteroatoms. The Bertz CT molecular complexity index is 914. The van der Waals surface area contributed by atoms with Gasteiger partial charge in [0.1, 0.15) is 11.2 Å². The lowest BCUT2D eigenvalue weighted by Crippen LogP contribution is -2.03. The number of hydrogen-bond donors (Lipinski definition) is 0. The molecule has 0 N–H and O–H groups in total. The molecule has 0 fully saturated rings. The van der Waals surface area contributed by atoms with Gasteiger partial charge in [0.05, 0.1) is 10.8 Å². The zero-order chi connectivity index (χ0) is 15.0. The van der Waals surface area contributed by atoms with Gasteiger partial charge in [0.2, 0.25) is 5.43 Å². The van der Waals surface area contributed by atoms with E-state index in [1.807, 2.05) is 12.1 Å². The van der Waals surface area contributed by atoms with E-state index in [1.165, 1.54) is 12.1 Å². The van der Waals surface area contributed by atoms with Crippen molar-refractivity contribution in [2.75, 3.05) is 5.75 Å². The minimum Gasteiger partial charge on any atom is -0.456 e.